The van der Waals surface area contributed by atoms with Crippen LogP contribution in [0.15, 0.2) is 16.6 Å². The maximum atomic E-state index is 14.0. The van der Waals surface area contributed by atoms with Crippen molar-refractivity contribution in [3.05, 3.63) is 33.8 Å². The lowest BCUT2D eigenvalue weighted by molar-refractivity contribution is 0.0969. The minimum Gasteiger partial charge on any atom is -0.326 e. The average Bonchev–Trinajstić information content (AvgIpc) is 2.41. The Morgan fingerprint density at radius 2 is 2.05 bits per heavy atom. The van der Waals surface area contributed by atoms with Gasteiger partial charge in [-0.2, -0.15) is 0 Å². The van der Waals surface area contributed by atoms with Crippen LogP contribution in [0, 0.1) is 11.6 Å². The molecule has 20 heavy (non-hydrogen) atoms. The second-order valence-electron chi connectivity index (χ2n) is 5.50. The lowest BCUT2D eigenvalue weighted by atomic mass is 9.97. The molecule has 1 aromatic rings. The van der Waals surface area contributed by atoms with E-state index in [1.807, 2.05) is 14.1 Å². The summed E-state index contributed by atoms with van der Waals surface area (Å²) in [6.07, 6.45) is 0.194. The Morgan fingerprint density at radius 3 is 2.75 bits per heavy atom. The van der Waals surface area contributed by atoms with Gasteiger partial charge in [0.15, 0.2) is 0 Å². The molecule has 112 valence electrons. The summed E-state index contributed by atoms with van der Waals surface area (Å²) in [5, 5.41) is 0. The Balaban J connectivity index is 2.15. The third-order valence-electron chi connectivity index (χ3n) is 3.97. The summed E-state index contributed by atoms with van der Waals surface area (Å²) in [6, 6.07) is 2.44. The fourth-order valence-corrected chi connectivity index (χ4v) is 3.01. The molecule has 0 bridgehead atoms. The molecule has 1 aliphatic rings. The van der Waals surface area contributed by atoms with Crippen LogP contribution in [0.2, 0.25) is 0 Å². The van der Waals surface area contributed by atoms with Gasteiger partial charge in [0, 0.05) is 37.3 Å². The van der Waals surface area contributed by atoms with Gasteiger partial charge in [0.1, 0.15) is 11.6 Å². The summed E-state index contributed by atoms with van der Waals surface area (Å²) in [7, 11) is 4.04. The highest BCUT2D eigenvalue weighted by atomic mass is 79.9. The van der Waals surface area contributed by atoms with Crippen molar-refractivity contribution in [2.75, 3.05) is 33.7 Å². The molecule has 0 radical (unpaired) electrons. The van der Waals surface area contributed by atoms with Crippen LogP contribution in [0.3, 0.4) is 0 Å². The van der Waals surface area contributed by atoms with E-state index in [0.29, 0.717) is 0 Å². The SMILES string of the molecule is CN1CCN(C)C(C(N)Cc2c(F)ccc(Br)c2F)C1. The van der Waals surface area contributed by atoms with Crippen LogP contribution in [0.5, 0.6) is 0 Å². The maximum Gasteiger partial charge on any atom is 0.143 e. The smallest absolute Gasteiger partial charge is 0.143 e. The minimum atomic E-state index is -0.549. The molecule has 0 saturated carbocycles. The van der Waals surface area contributed by atoms with Gasteiger partial charge >= 0.3 is 0 Å². The van der Waals surface area contributed by atoms with Crippen molar-refractivity contribution >= 4 is 15.9 Å². The van der Waals surface area contributed by atoms with Crippen molar-refractivity contribution in [1.82, 2.24) is 9.80 Å². The second kappa shape index (κ2) is 6.47. The van der Waals surface area contributed by atoms with Crippen molar-refractivity contribution in [1.29, 1.82) is 0 Å². The van der Waals surface area contributed by atoms with E-state index in [9.17, 15) is 8.78 Å². The predicted molar refractivity (Wildman–Crippen MR) is 79.7 cm³/mol. The van der Waals surface area contributed by atoms with Crippen LogP contribution in [-0.2, 0) is 6.42 Å². The highest BCUT2D eigenvalue weighted by Crippen LogP contribution is 2.23. The Morgan fingerprint density at radius 1 is 1.35 bits per heavy atom. The average molecular weight is 348 g/mol. The number of hydrogen-bond acceptors (Lipinski definition) is 3. The summed E-state index contributed by atoms with van der Waals surface area (Å²) in [4.78, 5) is 4.36. The number of nitrogens with two attached hydrogens (primary N) is 1. The van der Waals surface area contributed by atoms with E-state index in [2.05, 4.69) is 25.7 Å². The first-order valence-electron chi connectivity index (χ1n) is 6.67. The fraction of sp³-hybridized carbons (Fsp3) is 0.571. The Labute approximate surface area is 126 Å². The molecular formula is C14H20BrF2N3. The normalized spacial score (nSPS) is 23.0. The van der Waals surface area contributed by atoms with Gasteiger partial charge in [-0.05, 0) is 48.6 Å². The zero-order valence-electron chi connectivity index (χ0n) is 11.7. The number of benzene rings is 1. The molecule has 0 amide bonds. The molecule has 1 aromatic carbocycles. The van der Waals surface area contributed by atoms with Crippen molar-refractivity contribution < 1.29 is 8.78 Å². The molecule has 1 fully saturated rings. The number of halogens is 3. The number of rotatable bonds is 3. The van der Waals surface area contributed by atoms with Gasteiger partial charge in [-0.1, -0.05) is 0 Å². The zero-order valence-corrected chi connectivity index (χ0v) is 13.3. The van der Waals surface area contributed by atoms with Crippen molar-refractivity contribution in [3.8, 4) is 0 Å². The van der Waals surface area contributed by atoms with Gasteiger partial charge in [-0.15, -0.1) is 0 Å². The summed E-state index contributed by atoms with van der Waals surface area (Å²) in [5.41, 5.74) is 6.27. The first kappa shape index (κ1) is 15.8. The van der Waals surface area contributed by atoms with Crippen LogP contribution in [0.4, 0.5) is 8.78 Å². The van der Waals surface area contributed by atoms with Crippen LogP contribution < -0.4 is 5.73 Å². The van der Waals surface area contributed by atoms with Gasteiger partial charge in [0.25, 0.3) is 0 Å². The van der Waals surface area contributed by atoms with E-state index < -0.39 is 11.6 Å². The highest BCUT2D eigenvalue weighted by Gasteiger charge is 2.29. The largest absolute Gasteiger partial charge is 0.326 e. The standard InChI is InChI=1S/C14H20BrF2N3/c1-19-5-6-20(2)13(8-19)12(18)7-9-11(16)4-3-10(15)14(9)17/h3-4,12-13H,5-8,18H2,1-2H3. The molecule has 0 aromatic heterocycles. The second-order valence-corrected chi connectivity index (χ2v) is 6.35. The van der Waals surface area contributed by atoms with Crippen molar-refractivity contribution in [2.45, 2.75) is 18.5 Å². The van der Waals surface area contributed by atoms with Gasteiger partial charge in [-0.25, -0.2) is 8.78 Å². The number of likely N-dealkylation sites (N-methyl/N-ethyl adjacent to an activating group) is 2. The molecule has 2 rings (SSSR count). The van der Waals surface area contributed by atoms with E-state index >= 15 is 0 Å². The maximum absolute atomic E-state index is 14.0. The molecule has 0 spiro atoms. The molecule has 1 saturated heterocycles. The fourth-order valence-electron chi connectivity index (χ4n) is 2.63. The molecule has 2 N–H and O–H groups in total. The van der Waals surface area contributed by atoms with Crippen molar-refractivity contribution in [2.24, 2.45) is 5.73 Å². The highest BCUT2D eigenvalue weighted by molar-refractivity contribution is 9.10. The Hall–Kier alpha value is -0.560. The third kappa shape index (κ3) is 3.36. The van der Waals surface area contributed by atoms with Crippen LogP contribution in [-0.4, -0.2) is 55.6 Å². The minimum absolute atomic E-state index is 0.0634. The summed E-state index contributed by atoms with van der Waals surface area (Å²) >= 11 is 3.09. The van der Waals surface area contributed by atoms with E-state index in [1.54, 1.807) is 0 Å². The summed E-state index contributed by atoms with van der Waals surface area (Å²) in [6.45, 7) is 2.71. The Kier molecular flexibility index (Phi) is 5.12. The van der Waals surface area contributed by atoms with Gasteiger partial charge in [-0.3, -0.25) is 4.90 Å². The molecule has 2 atom stereocenters. The molecule has 1 heterocycles. The first-order valence-corrected chi connectivity index (χ1v) is 7.46. The zero-order chi connectivity index (χ0) is 14.9. The van der Waals surface area contributed by atoms with Crippen molar-refractivity contribution in [3.63, 3.8) is 0 Å². The summed E-state index contributed by atoms with van der Waals surface area (Å²) in [5.74, 6) is -1.08. The number of hydrogen-bond donors (Lipinski definition) is 1. The number of nitrogens with zero attached hydrogens (tertiary/aromatic N) is 2. The molecule has 3 nitrogen and oxygen atoms in total. The molecular weight excluding hydrogens is 328 g/mol. The van der Waals surface area contributed by atoms with Gasteiger partial charge in [0.2, 0.25) is 0 Å². The van der Waals surface area contributed by atoms with Gasteiger partial charge < -0.3 is 10.6 Å². The molecule has 1 aliphatic heterocycles. The lowest BCUT2D eigenvalue weighted by Crippen LogP contribution is -2.58. The first-order chi connectivity index (χ1) is 9.40. The number of piperazine rings is 1. The van der Waals surface area contributed by atoms with Crippen LogP contribution in [0.1, 0.15) is 5.56 Å². The molecule has 0 aliphatic carbocycles. The lowest BCUT2D eigenvalue weighted by Gasteiger charge is -2.40. The monoisotopic (exact) mass is 347 g/mol. The quantitative estimate of drug-likeness (QED) is 0.847. The van der Waals surface area contributed by atoms with Gasteiger partial charge in [0.05, 0.1) is 4.47 Å². The van der Waals surface area contributed by atoms with Crippen LogP contribution in [0.25, 0.3) is 0 Å². The summed E-state index contributed by atoms with van der Waals surface area (Å²) < 4.78 is 28.1. The predicted octanol–water partition coefficient (Wildman–Crippen LogP) is 1.84. The topological polar surface area (TPSA) is 32.5 Å². The Bertz CT molecular complexity index is 484. The third-order valence-corrected chi connectivity index (χ3v) is 4.58. The molecule has 6 heteroatoms. The van der Waals surface area contributed by atoms with E-state index in [1.165, 1.54) is 12.1 Å². The van der Waals surface area contributed by atoms with E-state index in [-0.39, 0.29) is 28.5 Å². The van der Waals surface area contributed by atoms with E-state index in [0.717, 1.165) is 19.6 Å². The van der Waals surface area contributed by atoms with E-state index in [4.69, 9.17) is 5.73 Å². The molecule has 2 unspecified atom stereocenters. The van der Waals surface area contributed by atoms with Crippen LogP contribution >= 0.6 is 15.9 Å².